The molecule has 0 fully saturated rings. The maximum Gasteiger partial charge on any atom is 0.249 e. The van der Waals surface area contributed by atoms with Gasteiger partial charge in [0.1, 0.15) is 0 Å². The molecular formula is C19H21ClN6O2. The SMILES string of the molecule is CCCc1nnnn1-c1cc(C(N)=O)c([C@H](C)CO)c(-c2ccc(Cl)cn2)c1. The van der Waals surface area contributed by atoms with Crippen LogP contribution in [-0.2, 0) is 6.42 Å². The summed E-state index contributed by atoms with van der Waals surface area (Å²) in [5.74, 6) is -0.249. The van der Waals surface area contributed by atoms with Crippen molar-refractivity contribution < 1.29 is 9.90 Å². The average molecular weight is 401 g/mol. The molecule has 2 aromatic heterocycles. The van der Waals surface area contributed by atoms with Crippen LogP contribution < -0.4 is 5.73 Å². The zero-order valence-corrected chi connectivity index (χ0v) is 16.4. The quantitative estimate of drug-likeness (QED) is 0.628. The highest BCUT2D eigenvalue weighted by atomic mass is 35.5. The van der Waals surface area contributed by atoms with Crippen LogP contribution in [0.25, 0.3) is 16.9 Å². The molecule has 0 radical (unpaired) electrons. The zero-order valence-electron chi connectivity index (χ0n) is 15.6. The topological polar surface area (TPSA) is 120 Å². The van der Waals surface area contributed by atoms with Crippen molar-refractivity contribution in [3.05, 3.63) is 52.4 Å². The van der Waals surface area contributed by atoms with Crippen molar-refractivity contribution >= 4 is 17.5 Å². The molecule has 9 heteroatoms. The van der Waals surface area contributed by atoms with E-state index in [1.807, 2.05) is 19.9 Å². The molecule has 3 aromatic rings. The number of aryl methyl sites for hydroxylation is 1. The fourth-order valence-corrected chi connectivity index (χ4v) is 3.23. The van der Waals surface area contributed by atoms with Gasteiger partial charge < -0.3 is 10.8 Å². The molecule has 0 saturated heterocycles. The van der Waals surface area contributed by atoms with Gasteiger partial charge in [0.25, 0.3) is 0 Å². The fraction of sp³-hybridized carbons (Fsp3) is 0.316. The van der Waals surface area contributed by atoms with Gasteiger partial charge in [0.05, 0.1) is 16.4 Å². The van der Waals surface area contributed by atoms with Gasteiger partial charge in [-0.1, -0.05) is 25.4 Å². The number of nitrogens with two attached hydrogens (primary N) is 1. The number of aliphatic hydroxyl groups is 1. The van der Waals surface area contributed by atoms with Crippen LogP contribution in [0.3, 0.4) is 0 Å². The van der Waals surface area contributed by atoms with E-state index in [2.05, 4.69) is 20.5 Å². The highest BCUT2D eigenvalue weighted by molar-refractivity contribution is 6.30. The second-order valence-corrected chi connectivity index (χ2v) is 6.96. The standard InChI is InChI=1S/C19H21ClN6O2/c1-3-4-17-23-24-25-26(17)13-7-14(16-6-5-12(20)9-22-16)18(11(2)10-27)15(8-13)19(21)28/h5-9,11,27H,3-4,10H2,1-2H3,(H2,21,28)/t11-/m1/s1. The molecule has 0 unspecified atom stereocenters. The van der Waals surface area contributed by atoms with Crippen molar-refractivity contribution in [2.24, 2.45) is 5.73 Å². The molecule has 0 saturated carbocycles. The number of halogens is 1. The second-order valence-electron chi connectivity index (χ2n) is 6.52. The van der Waals surface area contributed by atoms with Gasteiger partial charge in [-0.05, 0) is 46.7 Å². The summed E-state index contributed by atoms with van der Waals surface area (Å²) in [5, 5.41) is 22.1. The monoisotopic (exact) mass is 400 g/mol. The van der Waals surface area contributed by atoms with E-state index in [1.54, 1.807) is 22.9 Å². The lowest BCUT2D eigenvalue weighted by Gasteiger charge is -2.19. The van der Waals surface area contributed by atoms with Crippen LogP contribution in [0.15, 0.2) is 30.5 Å². The van der Waals surface area contributed by atoms with Gasteiger partial charge in [0, 0.05) is 36.3 Å². The number of primary amides is 1. The lowest BCUT2D eigenvalue weighted by Crippen LogP contribution is -2.18. The summed E-state index contributed by atoms with van der Waals surface area (Å²) in [5.41, 5.74) is 8.47. The molecule has 0 aliphatic rings. The van der Waals surface area contributed by atoms with Gasteiger partial charge in [-0.2, -0.15) is 4.68 Å². The van der Waals surface area contributed by atoms with Crippen molar-refractivity contribution in [3.63, 3.8) is 0 Å². The van der Waals surface area contributed by atoms with E-state index in [9.17, 15) is 9.90 Å². The van der Waals surface area contributed by atoms with Gasteiger partial charge in [-0.25, -0.2) is 0 Å². The van der Waals surface area contributed by atoms with E-state index in [4.69, 9.17) is 17.3 Å². The van der Waals surface area contributed by atoms with Crippen LogP contribution in [0.4, 0.5) is 0 Å². The predicted molar refractivity (Wildman–Crippen MR) is 105 cm³/mol. The fourth-order valence-electron chi connectivity index (χ4n) is 3.12. The molecule has 1 atom stereocenters. The third-order valence-electron chi connectivity index (χ3n) is 4.45. The van der Waals surface area contributed by atoms with Crippen molar-refractivity contribution in [2.75, 3.05) is 6.61 Å². The van der Waals surface area contributed by atoms with Crippen molar-refractivity contribution in [2.45, 2.75) is 32.6 Å². The maximum absolute atomic E-state index is 12.3. The molecule has 28 heavy (non-hydrogen) atoms. The number of aliphatic hydroxyl groups excluding tert-OH is 1. The molecule has 0 aliphatic heterocycles. The van der Waals surface area contributed by atoms with Crippen LogP contribution in [0.1, 0.15) is 47.9 Å². The van der Waals surface area contributed by atoms with Gasteiger partial charge in [-0.15, -0.1) is 5.10 Å². The summed E-state index contributed by atoms with van der Waals surface area (Å²) in [6.45, 7) is 3.70. The number of benzene rings is 1. The largest absolute Gasteiger partial charge is 0.396 e. The third-order valence-corrected chi connectivity index (χ3v) is 4.68. The summed E-state index contributed by atoms with van der Waals surface area (Å²) in [6, 6.07) is 6.97. The number of nitrogens with zero attached hydrogens (tertiary/aromatic N) is 5. The molecule has 146 valence electrons. The van der Waals surface area contributed by atoms with Crippen LogP contribution in [0.5, 0.6) is 0 Å². The van der Waals surface area contributed by atoms with Crippen molar-refractivity contribution in [1.82, 2.24) is 25.2 Å². The first-order valence-corrected chi connectivity index (χ1v) is 9.32. The highest BCUT2D eigenvalue weighted by Crippen LogP contribution is 2.34. The van der Waals surface area contributed by atoms with Gasteiger partial charge in [-0.3, -0.25) is 9.78 Å². The normalized spacial score (nSPS) is 12.1. The lowest BCUT2D eigenvalue weighted by atomic mass is 9.88. The summed E-state index contributed by atoms with van der Waals surface area (Å²) in [6.07, 6.45) is 3.08. The second kappa shape index (κ2) is 8.45. The summed E-state index contributed by atoms with van der Waals surface area (Å²) >= 11 is 5.97. The van der Waals surface area contributed by atoms with Crippen LogP contribution >= 0.6 is 11.6 Å². The van der Waals surface area contributed by atoms with Crippen LogP contribution in [0, 0.1) is 0 Å². The Morgan fingerprint density at radius 3 is 2.75 bits per heavy atom. The molecule has 8 nitrogen and oxygen atoms in total. The van der Waals surface area contributed by atoms with E-state index >= 15 is 0 Å². The average Bonchev–Trinajstić information content (AvgIpc) is 3.15. The Bertz CT molecular complexity index is 987. The summed E-state index contributed by atoms with van der Waals surface area (Å²) < 4.78 is 1.59. The number of aromatic nitrogens is 5. The molecule has 3 N–H and O–H groups in total. The molecule has 1 amide bonds. The summed E-state index contributed by atoms with van der Waals surface area (Å²) in [4.78, 5) is 16.6. The minimum Gasteiger partial charge on any atom is -0.396 e. The van der Waals surface area contributed by atoms with Gasteiger partial charge in [0.2, 0.25) is 5.91 Å². The molecule has 2 heterocycles. The third kappa shape index (κ3) is 3.88. The Balaban J connectivity index is 2.30. The van der Waals surface area contributed by atoms with Gasteiger partial charge in [0.15, 0.2) is 5.82 Å². The Morgan fingerprint density at radius 2 is 2.14 bits per heavy atom. The first kappa shape index (κ1) is 19.9. The van der Waals surface area contributed by atoms with Crippen molar-refractivity contribution in [3.8, 4) is 16.9 Å². The van der Waals surface area contributed by atoms with Crippen molar-refractivity contribution in [1.29, 1.82) is 0 Å². The molecule has 0 aliphatic carbocycles. The number of pyridine rings is 1. The smallest absolute Gasteiger partial charge is 0.249 e. The molecule has 3 rings (SSSR count). The number of hydrogen-bond donors (Lipinski definition) is 2. The zero-order chi connectivity index (χ0) is 20.3. The van der Waals surface area contributed by atoms with Crippen LogP contribution in [0.2, 0.25) is 5.02 Å². The lowest BCUT2D eigenvalue weighted by molar-refractivity contribution is 0.0998. The molecule has 1 aromatic carbocycles. The van der Waals surface area contributed by atoms with E-state index < -0.39 is 5.91 Å². The Hall–Kier alpha value is -2.84. The van der Waals surface area contributed by atoms with Crippen LogP contribution in [-0.4, -0.2) is 42.8 Å². The van der Waals surface area contributed by atoms with E-state index in [-0.39, 0.29) is 12.5 Å². The first-order chi connectivity index (χ1) is 13.5. The van der Waals surface area contributed by atoms with E-state index in [0.717, 1.165) is 6.42 Å². The first-order valence-electron chi connectivity index (χ1n) is 8.94. The number of carbonyl (C=O) groups excluding carboxylic acids is 1. The molecule has 0 spiro atoms. The Morgan fingerprint density at radius 1 is 1.36 bits per heavy atom. The number of rotatable bonds is 7. The highest BCUT2D eigenvalue weighted by Gasteiger charge is 2.23. The number of amides is 1. The molecular weight excluding hydrogens is 380 g/mol. The minimum atomic E-state index is -0.600. The minimum absolute atomic E-state index is 0.147. The number of tetrazole rings is 1. The van der Waals surface area contributed by atoms with Gasteiger partial charge >= 0.3 is 0 Å². The summed E-state index contributed by atoms with van der Waals surface area (Å²) in [7, 11) is 0. The Labute approximate surface area is 167 Å². The molecule has 0 bridgehead atoms. The number of carbonyl (C=O) groups is 1. The maximum atomic E-state index is 12.3. The van der Waals surface area contributed by atoms with E-state index in [0.29, 0.717) is 45.3 Å². The van der Waals surface area contributed by atoms with E-state index in [1.165, 1.54) is 6.20 Å². The number of hydrogen-bond acceptors (Lipinski definition) is 6. The predicted octanol–water partition coefficient (Wildman–Crippen LogP) is 2.52. The Kier molecular flexibility index (Phi) is 6.01.